The molecule has 0 aliphatic carbocycles. The zero-order valence-corrected chi connectivity index (χ0v) is 10.8. The minimum absolute atomic E-state index is 0.213. The summed E-state index contributed by atoms with van der Waals surface area (Å²) < 4.78 is 10.4. The number of carbonyl (C=O) groups is 2. The minimum atomic E-state index is -0.497. The monoisotopic (exact) mass is 254 g/mol. The van der Waals surface area contributed by atoms with E-state index in [4.69, 9.17) is 9.15 Å². The molecule has 0 aliphatic rings. The molecule has 0 spiro atoms. The van der Waals surface area contributed by atoms with Crippen molar-refractivity contribution >= 4 is 11.8 Å². The Labute approximate surface area is 106 Å². The lowest BCUT2D eigenvalue weighted by Gasteiger charge is -2.10. The zero-order chi connectivity index (χ0) is 13.5. The van der Waals surface area contributed by atoms with E-state index < -0.39 is 6.10 Å². The highest BCUT2D eigenvalue weighted by atomic mass is 16.5. The fourth-order valence-electron chi connectivity index (χ4n) is 1.36. The maximum atomic E-state index is 11.5. The lowest BCUT2D eigenvalue weighted by Crippen LogP contribution is -2.33. The third-order valence-electron chi connectivity index (χ3n) is 2.34. The molecular weight excluding hydrogens is 236 g/mol. The van der Waals surface area contributed by atoms with Gasteiger partial charge in [0, 0.05) is 13.7 Å². The van der Waals surface area contributed by atoms with Gasteiger partial charge in [-0.1, -0.05) is 0 Å². The summed E-state index contributed by atoms with van der Waals surface area (Å²) in [6, 6.07) is 3.21. The summed E-state index contributed by atoms with van der Waals surface area (Å²) in [5, 5.41) is 5.12. The fourth-order valence-corrected chi connectivity index (χ4v) is 1.36. The van der Waals surface area contributed by atoms with Gasteiger partial charge in [-0.25, -0.2) is 0 Å². The zero-order valence-electron chi connectivity index (χ0n) is 10.8. The summed E-state index contributed by atoms with van der Waals surface area (Å²) in [4.78, 5) is 22.8. The van der Waals surface area contributed by atoms with E-state index in [1.807, 2.05) is 6.92 Å². The van der Waals surface area contributed by atoms with Gasteiger partial charge >= 0.3 is 0 Å². The largest absolute Gasteiger partial charge is 0.454 e. The Morgan fingerprint density at radius 3 is 2.78 bits per heavy atom. The Morgan fingerprint density at radius 1 is 1.44 bits per heavy atom. The number of hydrogen-bond donors (Lipinski definition) is 2. The number of hydrogen-bond acceptors (Lipinski definition) is 4. The summed E-state index contributed by atoms with van der Waals surface area (Å²) in [5.74, 6) is 0.232. The number of carbonyl (C=O) groups excluding carboxylic acids is 2. The molecule has 1 rings (SSSR count). The van der Waals surface area contributed by atoms with E-state index in [2.05, 4.69) is 10.6 Å². The summed E-state index contributed by atoms with van der Waals surface area (Å²) >= 11 is 0. The molecular formula is C12H18N2O4. The number of furan rings is 1. The molecule has 0 radical (unpaired) electrons. The van der Waals surface area contributed by atoms with Crippen molar-refractivity contribution < 1.29 is 18.7 Å². The SMILES string of the molecule is CCO[C@H](C)C(=O)NCc1ccc(C(=O)NC)o1. The lowest BCUT2D eigenvalue weighted by molar-refractivity contribution is -0.131. The molecule has 0 aromatic carbocycles. The second kappa shape index (κ2) is 6.80. The summed E-state index contributed by atoms with van der Waals surface area (Å²) in [5.41, 5.74) is 0. The predicted octanol–water partition coefficient (Wildman–Crippen LogP) is 0.680. The first-order chi connectivity index (χ1) is 8.58. The quantitative estimate of drug-likeness (QED) is 0.782. The minimum Gasteiger partial charge on any atom is -0.454 e. The predicted molar refractivity (Wildman–Crippen MR) is 65.0 cm³/mol. The van der Waals surface area contributed by atoms with Gasteiger partial charge in [0.25, 0.3) is 5.91 Å². The molecule has 0 bridgehead atoms. The Kier molecular flexibility index (Phi) is 5.38. The Balaban J connectivity index is 2.46. The molecule has 1 heterocycles. The van der Waals surface area contributed by atoms with Crippen LogP contribution in [-0.4, -0.2) is 31.6 Å². The molecule has 2 amide bonds. The molecule has 18 heavy (non-hydrogen) atoms. The van der Waals surface area contributed by atoms with Crippen molar-refractivity contribution in [2.24, 2.45) is 0 Å². The van der Waals surface area contributed by atoms with Gasteiger partial charge in [-0.15, -0.1) is 0 Å². The first kappa shape index (κ1) is 14.2. The van der Waals surface area contributed by atoms with Gasteiger partial charge in [-0.3, -0.25) is 9.59 Å². The number of rotatable bonds is 6. The van der Waals surface area contributed by atoms with E-state index >= 15 is 0 Å². The summed E-state index contributed by atoms with van der Waals surface area (Å²) in [7, 11) is 1.52. The first-order valence-corrected chi connectivity index (χ1v) is 5.78. The van der Waals surface area contributed by atoms with Crippen molar-refractivity contribution in [3.63, 3.8) is 0 Å². The lowest BCUT2D eigenvalue weighted by atomic mass is 10.3. The molecule has 100 valence electrons. The maximum Gasteiger partial charge on any atom is 0.286 e. The second-order valence-corrected chi connectivity index (χ2v) is 3.66. The van der Waals surface area contributed by atoms with Crippen molar-refractivity contribution in [2.45, 2.75) is 26.5 Å². The highest BCUT2D eigenvalue weighted by molar-refractivity contribution is 5.91. The van der Waals surface area contributed by atoms with Crippen LogP contribution in [0.1, 0.15) is 30.2 Å². The van der Waals surface area contributed by atoms with Gasteiger partial charge in [-0.2, -0.15) is 0 Å². The van der Waals surface area contributed by atoms with E-state index in [1.54, 1.807) is 19.1 Å². The Morgan fingerprint density at radius 2 is 2.17 bits per heavy atom. The van der Waals surface area contributed by atoms with Crippen molar-refractivity contribution in [3.8, 4) is 0 Å². The van der Waals surface area contributed by atoms with Crippen molar-refractivity contribution in [1.82, 2.24) is 10.6 Å². The maximum absolute atomic E-state index is 11.5. The van der Waals surface area contributed by atoms with Crippen LogP contribution in [0.25, 0.3) is 0 Å². The van der Waals surface area contributed by atoms with Gasteiger partial charge in [0.2, 0.25) is 5.91 Å². The topological polar surface area (TPSA) is 80.6 Å². The van der Waals surface area contributed by atoms with Crippen molar-refractivity contribution in [2.75, 3.05) is 13.7 Å². The molecule has 0 saturated heterocycles. The van der Waals surface area contributed by atoms with Crippen LogP contribution in [0, 0.1) is 0 Å². The van der Waals surface area contributed by atoms with Gasteiger partial charge < -0.3 is 19.8 Å². The molecule has 0 aliphatic heterocycles. The third kappa shape index (κ3) is 3.89. The number of amides is 2. The first-order valence-electron chi connectivity index (χ1n) is 5.78. The van der Waals surface area contributed by atoms with Gasteiger partial charge in [0.05, 0.1) is 6.54 Å². The van der Waals surface area contributed by atoms with Gasteiger partial charge in [-0.05, 0) is 26.0 Å². The average Bonchev–Trinajstić information content (AvgIpc) is 2.84. The highest BCUT2D eigenvalue weighted by Gasteiger charge is 2.13. The van der Waals surface area contributed by atoms with Crippen LogP contribution in [0.3, 0.4) is 0 Å². The van der Waals surface area contributed by atoms with E-state index in [1.165, 1.54) is 7.05 Å². The van der Waals surface area contributed by atoms with Crippen LogP contribution in [-0.2, 0) is 16.1 Å². The average molecular weight is 254 g/mol. The smallest absolute Gasteiger partial charge is 0.286 e. The van der Waals surface area contributed by atoms with Crippen LogP contribution in [0.2, 0.25) is 0 Å². The van der Waals surface area contributed by atoms with Gasteiger partial charge in [0.1, 0.15) is 11.9 Å². The van der Waals surface area contributed by atoms with Crippen LogP contribution in [0.5, 0.6) is 0 Å². The molecule has 2 N–H and O–H groups in total. The normalized spacial score (nSPS) is 11.9. The molecule has 0 fully saturated rings. The molecule has 6 heteroatoms. The number of nitrogens with one attached hydrogen (secondary N) is 2. The second-order valence-electron chi connectivity index (χ2n) is 3.66. The van der Waals surface area contributed by atoms with E-state index in [9.17, 15) is 9.59 Å². The van der Waals surface area contributed by atoms with Crippen molar-refractivity contribution in [3.05, 3.63) is 23.7 Å². The number of ether oxygens (including phenoxy) is 1. The molecule has 1 aromatic rings. The molecule has 0 saturated carbocycles. The Bertz CT molecular complexity index is 414. The Hall–Kier alpha value is -1.82. The molecule has 0 unspecified atom stereocenters. The summed E-state index contributed by atoms with van der Waals surface area (Å²) in [6.45, 7) is 4.21. The molecule has 1 atom stereocenters. The third-order valence-corrected chi connectivity index (χ3v) is 2.34. The van der Waals surface area contributed by atoms with Gasteiger partial charge in [0.15, 0.2) is 5.76 Å². The fraction of sp³-hybridized carbons (Fsp3) is 0.500. The van der Waals surface area contributed by atoms with Crippen LogP contribution < -0.4 is 10.6 Å². The van der Waals surface area contributed by atoms with E-state index in [0.29, 0.717) is 12.4 Å². The van der Waals surface area contributed by atoms with E-state index in [0.717, 1.165) is 0 Å². The standard InChI is InChI=1S/C12H18N2O4/c1-4-17-8(2)11(15)14-7-9-5-6-10(18-9)12(16)13-3/h5-6,8H,4,7H2,1-3H3,(H,13,16)(H,14,15)/t8-/m1/s1. The van der Waals surface area contributed by atoms with Crippen molar-refractivity contribution in [1.29, 1.82) is 0 Å². The summed E-state index contributed by atoms with van der Waals surface area (Å²) in [6.07, 6.45) is -0.497. The van der Waals surface area contributed by atoms with Crippen LogP contribution in [0.15, 0.2) is 16.5 Å². The van der Waals surface area contributed by atoms with E-state index in [-0.39, 0.29) is 24.1 Å². The molecule has 1 aromatic heterocycles. The van der Waals surface area contributed by atoms with Crippen LogP contribution in [0.4, 0.5) is 0 Å². The molecule has 6 nitrogen and oxygen atoms in total. The van der Waals surface area contributed by atoms with Crippen LogP contribution >= 0.6 is 0 Å². The highest BCUT2D eigenvalue weighted by Crippen LogP contribution is 2.07.